The van der Waals surface area contributed by atoms with E-state index in [0.717, 1.165) is 26.2 Å². The van der Waals surface area contributed by atoms with Crippen LogP contribution in [0.25, 0.3) is 0 Å². The predicted molar refractivity (Wildman–Crippen MR) is 71.0 cm³/mol. The van der Waals surface area contributed by atoms with E-state index in [4.69, 9.17) is 10.5 Å². The first-order valence-corrected chi connectivity index (χ1v) is 7.08. The molecule has 2 atom stereocenters. The summed E-state index contributed by atoms with van der Waals surface area (Å²) in [5.41, 5.74) is 6.74. The summed E-state index contributed by atoms with van der Waals surface area (Å²) in [4.78, 5) is 2.63. The summed E-state index contributed by atoms with van der Waals surface area (Å²) in [6.45, 7) is 10.7. The van der Waals surface area contributed by atoms with Crippen molar-refractivity contribution in [1.82, 2.24) is 4.90 Å². The molecule has 1 aliphatic heterocycles. The maximum atomic E-state index is 6.21. The van der Waals surface area contributed by atoms with E-state index in [0.29, 0.717) is 11.5 Å². The number of morpholine rings is 1. The molecule has 0 aromatic carbocycles. The van der Waals surface area contributed by atoms with Gasteiger partial charge in [-0.15, -0.1) is 0 Å². The Balaban J connectivity index is 2.22. The molecular formula is C14H28N2O. The normalized spacial score (nSPS) is 39.2. The van der Waals surface area contributed by atoms with E-state index >= 15 is 0 Å². The van der Waals surface area contributed by atoms with Gasteiger partial charge >= 0.3 is 0 Å². The Morgan fingerprint density at radius 3 is 2.59 bits per heavy atom. The highest BCUT2D eigenvalue weighted by atomic mass is 16.5. The van der Waals surface area contributed by atoms with Crippen LogP contribution in [0.15, 0.2) is 0 Å². The van der Waals surface area contributed by atoms with Gasteiger partial charge in [0, 0.05) is 25.2 Å². The Morgan fingerprint density at radius 2 is 2.00 bits per heavy atom. The van der Waals surface area contributed by atoms with Crippen LogP contribution in [0.3, 0.4) is 0 Å². The summed E-state index contributed by atoms with van der Waals surface area (Å²) in [7, 11) is 0. The van der Waals surface area contributed by atoms with Gasteiger partial charge < -0.3 is 10.5 Å². The summed E-state index contributed by atoms with van der Waals surface area (Å²) in [6, 6.07) is 0. The summed E-state index contributed by atoms with van der Waals surface area (Å²) in [5, 5.41) is 0. The third kappa shape index (κ3) is 2.25. The molecule has 1 heterocycles. The third-order valence-corrected chi connectivity index (χ3v) is 5.09. The highest BCUT2D eigenvalue weighted by molar-refractivity contribution is 5.05. The van der Waals surface area contributed by atoms with Crippen molar-refractivity contribution in [1.29, 1.82) is 0 Å². The number of ether oxygens (including phenoxy) is 1. The van der Waals surface area contributed by atoms with Crippen LogP contribution in [0.5, 0.6) is 0 Å². The average Bonchev–Trinajstić information content (AvgIpc) is 2.29. The Morgan fingerprint density at radius 1 is 1.29 bits per heavy atom. The zero-order chi connectivity index (χ0) is 12.5. The maximum absolute atomic E-state index is 6.21. The van der Waals surface area contributed by atoms with Gasteiger partial charge in [-0.1, -0.05) is 26.7 Å². The Labute approximate surface area is 106 Å². The minimum absolute atomic E-state index is 0.198. The quantitative estimate of drug-likeness (QED) is 0.802. The highest BCUT2D eigenvalue weighted by Crippen LogP contribution is 2.47. The van der Waals surface area contributed by atoms with Crippen molar-refractivity contribution in [3.8, 4) is 0 Å². The van der Waals surface area contributed by atoms with Crippen LogP contribution in [-0.4, -0.2) is 42.8 Å². The van der Waals surface area contributed by atoms with Gasteiger partial charge in [-0.2, -0.15) is 0 Å². The van der Waals surface area contributed by atoms with Gasteiger partial charge in [-0.05, 0) is 25.2 Å². The van der Waals surface area contributed by atoms with Crippen molar-refractivity contribution in [2.45, 2.75) is 58.1 Å². The van der Waals surface area contributed by atoms with Gasteiger partial charge in [0.1, 0.15) is 0 Å². The Hall–Kier alpha value is -0.120. The number of rotatable bonds is 2. The molecule has 0 amide bonds. The van der Waals surface area contributed by atoms with Crippen molar-refractivity contribution in [3.63, 3.8) is 0 Å². The Bertz CT molecular complexity index is 267. The molecule has 0 bridgehead atoms. The lowest BCUT2D eigenvalue weighted by Crippen LogP contribution is -2.66. The van der Waals surface area contributed by atoms with Gasteiger partial charge in [0.2, 0.25) is 0 Å². The molecule has 1 saturated heterocycles. The smallest absolute Gasteiger partial charge is 0.0674 e. The van der Waals surface area contributed by atoms with Gasteiger partial charge in [0.05, 0.1) is 12.7 Å². The molecular weight excluding hydrogens is 212 g/mol. The fraction of sp³-hybridized carbons (Fsp3) is 1.00. The SMILES string of the molecule is CC1CN(C2(CN)CCCCC2(C)C)CCO1. The zero-order valence-electron chi connectivity index (χ0n) is 11.7. The van der Waals surface area contributed by atoms with Crippen molar-refractivity contribution >= 4 is 0 Å². The van der Waals surface area contributed by atoms with E-state index < -0.39 is 0 Å². The van der Waals surface area contributed by atoms with E-state index in [1.165, 1.54) is 25.7 Å². The van der Waals surface area contributed by atoms with Crippen LogP contribution in [0.4, 0.5) is 0 Å². The Kier molecular flexibility index (Phi) is 3.81. The van der Waals surface area contributed by atoms with E-state index in [2.05, 4.69) is 25.7 Å². The van der Waals surface area contributed by atoms with E-state index in [-0.39, 0.29) is 5.54 Å². The zero-order valence-corrected chi connectivity index (χ0v) is 11.7. The lowest BCUT2D eigenvalue weighted by atomic mass is 9.62. The van der Waals surface area contributed by atoms with Gasteiger partial charge in [-0.25, -0.2) is 0 Å². The summed E-state index contributed by atoms with van der Waals surface area (Å²) in [6.07, 6.45) is 5.59. The van der Waals surface area contributed by atoms with E-state index in [1.807, 2.05) is 0 Å². The standard InChI is InChI=1S/C14H28N2O/c1-12-10-16(8-9-17-12)14(11-15)7-5-4-6-13(14,2)3/h12H,4-11,15H2,1-3H3. The molecule has 2 fully saturated rings. The van der Waals surface area contributed by atoms with Crippen molar-refractivity contribution in [2.24, 2.45) is 11.1 Å². The number of nitrogens with zero attached hydrogens (tertiary/aromatic N) is 1. The summed E-state index contributed by atoms with van der Waals surface area (Å²) in [5.74, 6) is 0. The van der Waals surface area contributed by atoms with E-state index in [1.54, 1.807) is 0 Å². The highest BCUT2D eigenvalue weighted by Gasteiger charge is 2.50. The molecule has 17 heavy (non-hydrogen) atoms. The number of nitrogens with two attached hydrogens (primary N) is 1. The molecule has 0 aromatic heterocycles. The second kappa shape index (κ2) is 4.87. The maximum Gasteiger partial charge on any atom is 0.0674 e. The molecule has 3 nitrogen and oxygen atoms in total. The number of hydrogen-bond acceptors (Lipinski definition) is 3. The van der Waals surface area contributed by atoms with Crippen molar-refractivity contribution in [2.75, 3.05) is 26.2 Å². The molecule has 1 aliphatic carbocycles. The van der Waals surface area contributed by atoms with Crippen LogP contribution in [-0.2, 0) is 4.74 Å². The van der Waals surface area contributed by atoms with Crippen LogP contribution >= 0.6 is 0 Å². The molecule has 0 spiro atoms. The van der Waals surface area contributed by atoms with E-state index in [9.17, 15) is 0 Å². The summed E-state index contributed by atoms with van der Waals surface area (Å²) >= 11 is 0. The number of hydrogen-bond donors (Lipinski definition) is 1. The molecule has 2 aliphatic rings. The van der Waals surface area contributed by atoms with Gasteiger partial charge in [0.25, 0.3) is 0 Å². The first-order chi connectivity index (χ1) is 8.02. The lowest BCUT2D eigenvalue weighted by Gasteiger charge is -2.57. The van der Waals surface area contributed by atoms with Crippen molar-refractivity contribution in [3.05, 3.63) is 0 Å². The second-order valence-corrected chi connectivity index (χ2v) is 6.45. The monoisotopic (exact) mass is 240 g/mol. The topological polar surface area (TPSA) is 38.5 Å². The fourth-order valence-corrected chi connectivity index (χ4v) is 3.86. The molecule has 2 N–H and O–H groups in total. The lowest BCUT2D eigenvalue weighted by molar-refractivity contribution is -0.111. The molecule has 3 heteroatoms. The van der Waals surface area contributed by atoms with Crippen LogP contribution in [0, 0.1) is 5.41 Å². The van der Waals surface area contributed by atoms with Crippen LogP contribution in [0.1, 0.15) is 46.5 Å². The van der Waals surface area contributed by atoms with Gasteiger partial charge in [-0.3, -0.25) is 4.90 Å². The molecule has 0 radical (unpaired) electrons. The van der Waals surface area contributed by atoms with Crippen LogP contribution < -0.4 is 5.73 Å². The molecule has 100 valence electrons. The van der Waals surface area contributed by atoms with Crippen molar-refractivity contribution < 1.29 is 4.74 Å². The minimum Gasteiger partial charge on any atom is -0.376 e. The average molecular weight is 240 g/mol. The largest absolute Gasteiger partial charge is 0.376 e. The summed E-state index contributed by atoms with van der Waals surface area (Å²) < 4.78 is 5.67. The molecule has 0 aromatic rings. The second-order valence-electron chi connectivity index (χ2n) is 6.45. The third-order valence-electron chi connectivity index (χ3n) is 5.09. The minimum atomic E-state index is 0.198. The first-order valence-electron chi connectivity index (χ1n) is 7.08. The molecule has 1 saturated carbocycles. The van der Waals surface area contributed by atoms with Crippen LogP contribution in [0.2, 0.25) is 0 Å². The molecule has 2 unspecified atom stereocenters. The van der Waals surface area contributed by atoms with Gasteiger partial charge in [0.15, 0.2) is 0 Å². The first kappa shape index (κ1) is 13.3. The predicted octanol–water partition coefficient (Wildman–Crippen LogP) is 2.00. The molecule has 2 rings (SSSR count). The fourth-order valence-electron chi connectivity index (χ4n) is 3.86.